The molecule has 0 saturated carbocycles. The number of ether oxygens (including phenoxy) is 1. The van der Waals surface area contributed by atoms with Crippen molar-refractivity contribution in [3.05, 3.63) is 23.9 Å². The Morgan fingerprint density at radius 2 is 2.24 bits per heavy atom. The van der Waals surface area contributed by atoms with Crippen LogP contribution in [0.4, 0.5) is 0 Å². The van der Waals surface area contributed by atoms with Crippen molar-refractivity contribution in [1.82, 2.24) is 15.2 Å². The second-order valence-corrected chi connectivity index (χ2v) is 4.66. The topological polar surface area (TPSA) is 37.4 Å². The van der Waals surface area contributed by atoms with E-state index in [1.165, 1.54) is 31.5 Å². The first-order chi connectivity index (χ1) is 8.28. The molecule has 4 heteroatoms. The molecule has 0 spiro atoms. The largest absolute Gasteiger partial charge is 0.481 e. The second kappa shape index (κ2) is 5.98. The fraction of sp³-hybridized carbons (Fsp3) is 0.615. The smallest absolute Gasteiger partial charge is 0.213 e. The number of nitrogens with zero attached hydrogens (tertiary/aromatic N) is 2. The van der Waals surface area contributed by atoms with Crippen molar-refractivity contribution in [2.45, 2.75) is 25.4 Å². The molecule has 0 radical (unpaired) electrons. The Morgan fingerprint density at radius 3 is 2.94 bits per heavy atom. The van der Waals surface area contributed by atoms with Gasteiger partial charge in [-0.05, 0) is 44.6 Å². The van der Waals surface area contributed by atoms with E-state index < -0.39 is 0 Å². The summed E-state index contributed by atoms with van der Waals surface area (Å²) >= 11 is 0. The summed E-state index contributed by atoms with van der Waals surface area (Å²) in [4.78, 5) is 6.49. The van der Waals surface area contributed by atoms with Crippen LogP contribution in [0.2, 0.25) is 0 Å². The van der Waals surface area contributed by atoms with Crippen molar-refractivity contribution in [1.29, 1.82) is 0 Å². The number of aromatic nitrogens is 1. The van der Waals surface area contributed by atoms with E-state index in [4.69, 9.17) is 4.74 Å². The summed E-state index contributed by atoms with van der Waals surface area (Å²) in [5, 5.41) is 3.60. The lowest BCUT2D eigenvalue weighted by Gasteiger charge is -2.29. The van der Waals surface area contributed by atoms with E-state index in [1.807, 2.05) is 12.1 Å². The predicted octanol–water partition coefficient (Wildman–Crippen LogP) is 1.27. The number of piperidine rings is 1. The number of likely N-dealkylation sites (tertiary alicyclic amines) is 1. The first-order valence-electron chi connectivity index (χ1n) is 6.19. The van der Waals surface area contributed by atoms with E-state index in [9.17, 15) is 0 Å². The van der Waals surface area contributed by atoms with Crippen LogP contribution in [0, 0.1) is 0 Å². The van der Waals surface area contributed by atoms with Crippen molar-refractivity contribution in [3.63, 3.8) is 0 Å². The number of hydrogen-bond acceptors (Lipinski definition) is 4. The molecule has 0 aromatic carbocycles. The average molecular weight is 235 g/mol. The first-order valence-corrected chi connectivity index (χ1v) is 6.19. The number of hydrogen-bond donors (Lipinski definition) is 1. The van der Waals surface area contributed by atoms with Crippen LogP contribution in [0.1, 0.15) is 18.4 Å². The van der Waals surface area contributed by atoms with Crippen molar-refractivity contribution >= 4 is 0 Å². The molecule has 0 amide bonds. The third kappa shape index (κ3) is 3.68. The first kappa shape index (κ1) is 12.3. The molecule has 0 atom stereocenters. The number of pyridine rings is 1. The highest BCUT2D eigenvalue weighted by Crippen LogP contribution is 2.11. The molecule has 0 aliphatic carbocycles. The van der Waals surface area contributed by atoms with Crippen LogP contribution in [0.3, 0.4) is 0 Å². The lowest BCUT2D eigenvalue weighted by atomic mass is 10.1. The molecule has 4 nitrogen and oxygen atoms in total. The van der Waals surface area contributed by atoms with Gasteiger partial charge in [0, 0.05) is 24.8 Å². The summed E-state index contributed by atoms with van der Waals surface area (Å²) in [6, 6.07) is 4.66. The van der Waals surface area contributed by atoms with Gasteiger partial charge in [0.1, 0.15) is 0 Å². The third-order valence-corrected chi connectivity index (χ3v) is 3.32. The molecular formula is C13H21N3O. The van der Waals surface area contributed by atoms with Crippen molar-refractivity contribution in [3.8, 4) is 5.88 Å². The van der Waals surface area contributed by atoms with E-state index in [0.717, 1.165) is 6.54 Å². The van der Waals surface area contributed by atoms with Gasteiger partial charge < -0.3 is 15.0 Å². The zero-order valence-electron chi connectivity index (χ0n) is 10.6. The van der Waals surface area contributed by atoms with Gasteiger partial charge in [0.25, 0.3) is 0 Å². The highest BCUT2D eigenvalue weighted by Gasteiger charge is 2.15. The van der Waals surface area contributed by atoms with Crippen LogP contribution in [0.15, 0.2) is 18.3 Å². The fourth-order valence-electron chi connectivity index (χ4n) is 2.15. The fourth-order valence-corrected chi connectivity index (χ4v) is 2.15. The Balaban J connectivity index is 1.81. The van der Waals surface area contributed by atoms with E-state index >= 15 is 0 Å². The summed E-state index contributed by atoms with van der Waals surface area (Å²) in [6.45, 7) is 3.28. The quantitative estimate of drug-likeness (QED) is 0.853. The van der Waals surface area contributed by atoms with Crippen molar-refractivity contribution in [2.75, 3.05) is 27.2 Å². The second-order valence-electron chi connectivity index (χ2n) is 4.66. The molecule has 1 aromatic heterocycles. The van der Waals surface area contributed by atoms with Gasteiger partial charge in [0.05, 0.1) is 7.11 Å². The molecule has 1 fully saturated rings. The molecule has 1 aliphatic heterocycles. The van der Waals surface area contributed by atoms with Gasteiger partial charge in [-0.3, -0.25) is 0 Å². The zero-order chi connectivity index (χ0) is 12.1. The van der Waals surface area contributed by atoms with E-state index in [2.05, 4.69) is 22.2 Å². The summed E-state index contributed by atoms with van der Waals surface area (Å²) in [5.41, 5.74) is 1.23. The Kier molecular flexibility index (Phi) is 4.34. The van der Waals surface area contributed by atoms with Gasteiger partial charge >= 0.3 is 0 Å². The lowest BCUT2D eigenvalue weighted by molar-refractivity contribution is 0.234. The monoisotopic (exact) mass is 235 g/mol. The van der Waals surface area contributed by atoms with Crippen LogP contribution in [0.5, 0.6) is 5.88 Å². The summed E-state index contributed by atoms with van der Waals surface area (Å²) < 4.78 is 5.12. The maximum atomic E-state index is 5.12. The number of methoxy groups -OCH3 is 1. The third-order valence-electron chi connectivity index (χ3n) is 3.32. The van der Waals surface area contributed by atoms with Gasteiger partial charge in [-0.2, -0.15) is 0 Å². The molecule has 0 bridgehead atoms. The molecule has 1 aromatic rings. The van der Waals surface area contributed by atoms with E-state index in [1.54, 1.807) is 13.3 Å². The highest BCUT2D eigenvalue weighted by molar-refractivity contribution is 5.20. The molecular weight excluding hydrogens is 214 g/mol. The molecule has 1 saturated heterocycles. The Hall–Kier alpha value is -1.13. The van der Waals surface area contributed by atoms with Crippen LogP contribution in [-0.4, -0.2) is 43.2 Å². The number of nitrogens with one attached hydrogen (secondary N) is 1. The maximum absolute atomic E-state index is 5.12. The van der Waals surface area contributed by atoms with Gasteiger partial charge in [0.2, 0.25) is 5.88 Å². The van der Waals surface area contributed by atoms with Crippen LogP contribution < -0.4 is 10.1 Å². The molecule has 94 valence electrons. The molecule has 0 unspecified atom stereocenters. The Bertz CT molecular complexity index is 348. The van der Waals surface area contributed by atoms with Crippen molar-refractivity contribution in [2.24, 2.45) is 0 Å². The normalized spacial score (nSPS) is 18.2. The Labute approximate surface area is 103 Å². The standard InChI is InChI=1S/C13H21N3O/c1-16-7-4-12(5-8-16)15-10-11-3-6-14-13(9-11)17-2/h3,6,9,12,15H,4-5,7-8,10H2,1-2H3. The Morgan fingerprint density at radius 1 is 1.47 bits per heavy atom. The van der Waals surface area contributed by atoms with Crippen LogP contribution in [0.25, 0.3) is 0 Å². The lowest BCUT2D eigenvalue weighted by Crippen LogP contribution is -2.40. The molecule has 1 aliphatic rings. The SMILES string of the molecule is COc1cc(CNC2CCN(C)CC2)ccn1. The van der Waals surface area contributed by atoms with Gasteiger partial charge in [-0.15, -0.1) is 0 Å². The van der Waals surface area contributed by atoms with Crippen LogP contribution in [-0.2, 0) is 6.54 Å². The maximum Gasteiger partial charge on any atom is 0.213 e. The van der Waals surface area contributed by atoms with E-state index in [0.29, 0.717) is 11.9 Å². The molecule has 2 rings (SSSR count). The van der Waals surface area contributed by atoms with Gasteiger partial charge in [0.15, 0.2) is 0 Å². The summed E-state index contributed by atoms with van der Waals surface area (Å²) in [6.07, 6.45) is 4.27. The molecule has 17 heavy (non-hydrogen) atoms. The van der Waals surface area contributed by atoms with Crippen LogP contribution >= 0.6 is 0 Å². The minimum atomic E-state index is 0.644. The zero-order valence-corrected chi connectivity index (χ0v) is 10.6. The average Bonchev–Trinajstić information content (AvgIpc) is 2.38. The summed E-state index contributed by atoms with van der Waals surface area (Å²) in [7, 11) is 3.83. The predicted molar refractivity (Wildman–Crippen MR) is 68.1 cm³/mol. The minimum Gasteiger partial charge on any atom is -0.481 e. The minimum absolute atomic E-state index is 0.644. The molecule has 2 heterocycles. The van der Waals surface area contributed by atoms with E-state index in [-0.39, 0.29) is 0 Å². The van der Waals surface area contributed by atoms with Gasteiger partial charge in [-0.1, -0.05) is 0 Å². The number of rotatable bonds is 4. The highest BCUT2D eigenvalue weighted by atomic mass is 16.5. The van der Waals surface area contributed by atoms with Crippen molar-refractivity contribution < 1.29 is 4.74 Å². The molecule has 1 N–H and O–H groups in total. The van der Waals surface area contributed by atoms with Gasteiger partial charge in [-0.25, -0.2) is 4.98 Å². The summed E-state index contributed by atoms with van der Waals surface area (Å²) in [5.74, 6) is 0.688.